The van der Waals surface area contributed by atoms with Crippen molar-refractivity contribution in [3.63, 3.8) is 0 Å². The maximum Gasteiger partial charge on any atom is 1.00 e. The Labute approximate surface area is 755 Å². The van der Waals surface area contributed by atoms with Gasteiger partial charge in [-0.3, -0.25) is 28.2 Å². The Kier molecular flexibility index (Phi) is 40.0. The molecule has 0 spiro atoms. The zero-order chi connectivity index (χ0) is 90.8. The molecule has 0 radical (unpaired) electrons. The molecule has 6 fully saturated rings. The fourth-order valence-electron chi connectivity index (χ4n) is 18.2. The molecular formula is C89H127N14NaO19S2. The Morgan fingerprint density at radius 1 is 0.816 bits per heavy atom. The number of hydrogen-bond acceptors (Lipinski definition) is 26. The molecule has 15 atom stereocenters. The van der Waals surface area contributed by atoms with Gasteiger partial charge in [0.1, 0.15) is 36.6 Å². The van der Waals surface area contributed by atoms with E-state index in [-0.39, 0.29) is 112 Å². The van der Waals surface area contributed by atoms with E-state index in [9.17, 15) is 65.5 Å². The Morgan fingerprint density at radius 3 is 2.04 bits per heavy atom. The van der Waals surface area contributed by atoms with Gasteiger partial charge in [-0.2, -0.15) is 0 Å². The molecule has 6 aromatic rings. The molecule has 5 aliphatic carbocycles. The van der Waals surface area contributed by atoms with Gasteiger partial charge in [-0.1, -0.05) is 109 Å². The second kappa shape index (κ2) is 48.4. The number of anilines is 3. The number of nitrogens with two attached hydrogens (primary N) is 3. The van der Waals surface area contributed by atoms with Crippen LogP contribution in [0.15, 0.2) is 153 Å². The van der Waals surface area contributed by atoms with Crippen molar-refractivity contribution in [2.45, 2.75) is 193 Å². The number of benzene rings is 4. The zero-order valence-electron chi connectivity index (χ0n) is 73.8. The minimum atomic E-state index is -4.31. The predicted molar refractivity (Wildman–Crippen MR) is 472 cm³/mol. The number of aliphatic hydroxyl groups excluding tert-OH is 4. The topological polar surface area (TPSA) is 506 Å². The number of likely N-dealkylation sites (N-methyl/N-ethyl adjacent to an activating group) is 3. The number of ether oxygens (including phenoxy) is 4. The molecule has 2 aliphatic heterocycles. The molecular weight excluding hydrogens is 1660 g/mol. The number of carbonyl (C=O) groups is 4. The first-order chi connectivity index (χ1) is 59.0. The Balaban J connectivity index is 0.000000212. The quantitative estimate of drug-likeness (QED) is 0.00439. The van der Waals surface area contributed by atoms with E-state index in [0.29, 0.717) is 108 Å². The smallest absolute Gasteiger partial charge is 0.748 e. The number of aromatic amines is 1. The number of fused-ring (bicyclic) bond motifs is 6. The Bertz CT molecular complexity index is 4950. The third kappa shape index (κ3) is 28.1. The molecule has 7 aliphatic rings. The predicted octanol–water partition coefficient (Wildman–Crippen LogP) is 7.27. The standard InChI is InChI=1S/C26H45NO6S.C16H26N2O3.C15H13N3O4S.C13H20N2O2.C10H13N5O4.C9H11N.Na/c1-16(4-7-23(30)27-12-13-34(31,32)33)19-5-6-20-24-21(9-11-26(19,20)3)25(2)10-8-18(28)14-17(25)15-22(24)29;1-4-10-20-15-12-13(17)7-8-14(15)16(19)21-11-9-18(5-2)6-3;1-18-13(15(20)17-12-8-4-5-9-16-12)14(19)10-6-2-3-7-11(10)23(18,21)22;1-3-15(4-2)9-10-17-13(16)11-5-7-12(14)8-6-11;1-5-3-15(10(18)12-9(5)17)8-2-6(13-14-11)7(4-16)19-8;10-9-6-8(9)7-4-2-1-3-5-7;/h16-22,24,28-29H,4-15H2,1-3H3,(H,27,30)(H,31,32,33);7-8,12H,4-6,9-11,17H2,1-3H3;2-9,19H,1H3,(H,16,17,20);5-8H,3-4,9-10,14H2,1-2H3;3,6-8,16H,2,4H2,1H3,(H,12,17,18);1-5,8-9H,6,10H2;/q;;;;;;+1/p-1/t16?,17-,18?,19+,20?,21?,22-,24-,25-,26+;;;;;8-,9+;/m0....0./s1. The molecule has 33 nitrogen and oxygen atoms in total. The number of aromatic nitrogens is 3. The third-order valence-corrected chi connectivity index (χ3v) is 27.9. The van der Waals surface area contributed by atoms with Crippen LogP contribution in [0.5, 0.6) is 5.75 Å². The third-order valence-electron chi connectivity index (χ3n) is 25.4. The van der Waals surface area contributed by atoms with E-state index < -0.39 is 67.2 Å². The van der Waals surface area contributed by atoms with Crippen molar-refractivity contribution >= 4 is 66.8 Å². The summed E-state index contributed by atoms with van der Waals surface area (Å²) in [6.07, 6.45) is 12.6. The van der Waals surface area contributed by atoms with Gasteiger partial charge in [0, 0.05) is 97.4 Å². The van der Waals surface area contributed by atoms with Gasteiger partial charge in [0.2, 0.25) is 5.91 Å². The summed E-state index contributed by atoms with van der Waals surface area (Å²) in [5.41, 5.74) is 28.5. The van der Waals surface area contributed by atoms with Gasteiger partial charge in [-0.25, -0.2) is 36.2 Å². The normalized spacial score (nSPS) is 24.8. The van der Waals surface area contributed by atoms with Gasteiger partial charge in [-0.05, 0) is 222 Å². The first-order valence-electron chi connectivity index (χ1n) is 42.9. The van der Waals surface area contributed by atoms with Crippen LogP contribution >= 0.6 is 0 Å². The summed E-state index contributed by atoms with van der Waals surface area (Å²) in [7, 11) is -7.00. The molecule has 125 heavy (non-hydrogen) atoms. The van der Waals surface area contributed by atoms with E-state index >= 15 is 0 Å². The molecule has 13 N–H and O–H groups in total. The van der Waals surface area contributed by atoms with Crippen LogP contribution in [0.2, 0.25) is 0 Å². The number of hydrogen-bond donors (Lipinski definition) is 10. The van der Waals surface area contributed by atoms with Crippen LogP contribution in [0, 0.1) is 53.3 Å². The molecule has 4 heterocycles. The van der Waals surface area contributed by atoms with Crippen LogP contribution in [-0.4, -0.2) is 210 Å². The van der Waals surface area contributed by atoms with Crippen molar-refractivity contribution in [1.82, 2.24) is 34.0 Å². The van der Waals surface area contributed by atoms with Gasteiger partial charge in [0.15, 0.2) is 11.5 Å². The van der Waals surface area contributed by atoms with E-state index in [0.717, 1.165) is 101 Å². The van der Waals surface area contributed by atoms with Crippen molar-refractivity contribution in [2.24, 2.45) is 57.2 Å². The number of nitrogens with zero attached hydrogens (tertiary/aromatic N) is 8. The van der Waals surface area contributed by atoms with Gasteiger partial charge in [0.25, 0.3) is 21.5 Å². The van der Waals surface area contributed by atoms with Crippen molar-refractivity contribution < 1.29 is 109 Å². The molecule has 680 valence electrons. The molecule has 2 aromatic heterocycles. The Morgan fingerprint density at radius 2 is 1.43 bits per heavy atom. The van der Waals surface area contributed by atoms with Crippen molar-refractivity contribution in [3.05, 3.63) is 192 Å². The van der Waals surface area contributed by atoms with Gasteiger partial charge in [-0.15, -0.1) is 0 Å². The number of amides is 2. The summed E-state index contributed by atoms with van der Waals surface area (Å²) in [6, 6.07) is 33.0. The average Bonchev–Trinajstić information content (AvgIpc) is 1.65. The monoisotopic (exact) mass is 1780 g/mol. The number of pyridine rings is 1. The molecule has 5 saturated carbocycles. The second-order valence-corrected chi connectivity index (χ2v) is 36.6. The zero-order valence-corrected chi connectivity index (χ0v) is 77.5. The molecule has 7 unspecified atom stereocenters. The van der Waals surface area contributed by atoms with Crippen LogP contribution < -0.4 is 73.4 Å². The summed E-state index contributed by atoms with van der Waals surface area (Å²) >= 11 is 0. The second-order valence-electron chi connectivity index (χ2n) is 33.2. The molecule has 36 heteroatoms. The molecule has 2 amide bonds. The van der Waals surface area contributed by atoms with Crippen LogP contribution in [0.25, 0.3) is 16.2 Å². The van der Waals surface area contributed by atoms with E-state index in [1.54, 1.807) is 79.7 Å². The Hall–Kier alpha value is -8.78. The summed E-state index contributed by atoms with van der Waals surface area (Å²) in [4.78, 5) is 84.5. The van der Waals surface area contributed by atoms with E-state index in [4.69, 9.17) is 46.8 Å². The summed E-state index contributed by atoms with van der Waals surface area (Å²) < 4.78 is 80.7. The van der Waals surface area contributed by atoms with E-state index in [2.05, 4.69) is 113 Å². The van der Waals surface area contributed by atoms with Gasteiger partial charge < -0.3 is 81.6 Å². The average molecular weight is 1780 g/mol. The van der Waals surface area contributed by atoms with E-state index in [1.807, 2.05) is 13.0 Å². The fraction of sp³-hybridized carbons (Fsp3) is 0.562. The molecule has 13 rings (SSSR count). The number of esters is 2. The summed E-state index contributed by atoms with van der Waals surface area (Å²) in [6.45, 7) is 25.3. The first-order valence-corrected chi connectivity index (χ1v) is 45.9. The fourth-order valence-corrected chi connectivity index (χ4v) is 20.0. The number of azide groups is 1. The van der Waals surface area contributed by atoms with Crippen molar-refractivity contribution in [2.75, 3.05) is 102 Å². The van der Waals surface area contributed by atoms with Crippen LogP contribution in [0.4, 0.5) is 17.2 Å². The maximum absolute atomic E-state index is 12.5. The number of aryl methyl sites for hydroxylation is 1. The largest absolute Gasteiger partial charge is 1.00 e. The van der Waals surface area contributed by atoms with Crippen molar-refractivity contribution in [1.29, 1.82) is 0 Å². The van der Waals surface area contributed by atoms with Crippen molar-refractivity contribution in [3.8, 4) is 5.75 Å². The number of aliphatic hydroxyl groups is 4. The number of nitrogens with one attached hydrogen (secondary N) is 3. The molecule has 4 aromatic carbocycles. The SMILES string of the molecule is CC(CCC(=O)NCCS(=O)(=O)[O-])[C@H]1CCC2[C@H]3C(CC[C@@]21C)[C@@]1(C)CCC(O)C[C@H]1C[C@@H]3O.CCCOc1cc(N)ccc1C(=O)OCCN(CC)CC.CCN(CC)CCOC(=O)c1ccc(N)cc1.CN1C(C(=O)Nc2ccccn2)=C(O)c2ccccc2S1(=O)=O.Cc1cn(C2CC(N=[N+]=[N-])C(CO)O2)c(=O)[nH]c1=O.N[C@@H]1C[C@H]1c1ccccc1.[Na+]. The number of sulfonamides is 1. The van der Waals surface area contributed by atoms with Crippen LogP contribution in [-0.2, 0) is 43.9 Å². The van der Waals surface area contributed by atoms with Gasteiger partial charge in [0.05, 0.1) is 63.9 Å². The molecule has 0 bridgehead atoms. The van der Waals surface area contributed by atoms with Gasteiger partial charge >= 0.3 is 47.2 Å². The van der Waals surface area contributed by atoms with Crippen LogP contribution in [0.1, 0.15) is 188 Å². The minimum Gasteiger partial charge on any atom is -0.748 e. The summed E-state index contributed by atoms with van der Waals surface area (Å²) in [5, 5.41) is 49.7. The number of rotatable bonds is 28. The molecule has 1 saturated heterocycles. The number of H-pyrrole nitrogens is 1. The van der Waals surface area contributed by atoms with E-state index in [1.165, 1.54) is 54.5 Å². The summed E-state index contributed by atoms with van der Waals surface area (Å²) in [5.74, 6) is 1.49. The first kappa shape index (κ1) is 103. The van der Waals surface area contributed by atoms with Crippen LogP contribution in [0.3, 0.4) is 0 Å². The maximum atomic E-state index is 12.5. The minimum absolute atomic E-state index is 0. The number of carbonyl (C=O) groups excluding carboxylic acids is 4. The number of nitrogen functional groups attached to an aromatic ring is 2.